The Hall–Kier alpha value is -1.64. The van der Waals surface area contributed by atoms with Gasteiger partial charge in [-0.1, -0.05) is 0 Å². The number of hydrogen-bond donors (Lipinski definition) is 1. The van der Waals surface area contributed by atoms with Crippen molar-refractivity contribution in [1.29, 1.82) is 0 Å². The monoisotopic (exact) mass is 289 g/mol. The molecule has 0 atom stereocenters. The Labute approximate surface area is 112 Å². The van der Waals surface area contributed by atoms with Gasteiger partial charge in [-0.15, -0.1) is 10.2 Å². The number of amides is 1. The van der Waals surface area contributed by atoms with Gasteiger partial charge in [0.25, 0.3) is 0 Å². The first kappa shape index (κ1) is 13.3. The van der Waals surface area contributed by atoms with Crippen LogP contribution in [0.15, 0.2) is 0 Å². The number of nitrogens with one attached hydrogen (secondary N) is 1. The molecule has 0 aromatic carbocycles. The fourth-order valence-corrected chi connectivity index (χ4v) is 2.45. The Bertz CT molecular complexity index is 523. The molecule has 0 spiro atoms. The van der Waals surface area contributed by atoms with Crippen molar-refractivity contribution in [3.05, 3.63) is 11.6 Å². The van der Waals surface area contributed by atoms with Crippen LogP contribution in [-0.2, 0) is 24.1 Å². The molecule has 3 rings (SSSR count). The summed E-state index contributed by atoms with van der Waals surface area (Å²) in [6.07, 6.45) is -4.07. The van der Waals surface area contributed by atoms with E-state index in [1.54, 1.807) is 4.90 Å². The molecule has 20 heavy (non-hydrogen) atoms. The van der Waals surface area contributed by atoms with E-state index in [-0.39, 0.29) is 31.4 Å². The van der Waals surface area contributed by atoms with Crippen molar-refractivity contribution in [2.24, 2.45) is 5.92 Å². The molecule has 110 valence electrons. The molecule has 2 aliphatic rings. The maximum atomic E-state index is 12.7. The lowest BCUT2D eigenvalue weighted by atomic mass is 9.98. The maximum Gasteiger partial charge on any atom is 0.451 e. The van der Waals surface area contributed by atoms with Crippen LogP contribution >= 0.6 is 0 Å². The van der Waals surface area contributed by atoms with Gasteiger partial charge in [0.1, 0.15) is 0 Å². The first-order valence-corrected chi connectivity index (χ1v) is 6.43. The highest BCUT2D eigenvalue weighted by atomic mass is 19.4. The molecule has 2 aliphatic heterocycles. The smallest absolute Gasteiger partial charge is 0.333 e. The zero-order valence-electron chi connectivity index (χ0n) is 10.7. The topological polar surface area (TPSA) is 63.1 Å². The predicted molar refractivity (Wildman–Crippen MR) is 61.4 cm³/mol. The standard InChI is InChI=1S/C11H14F3N5O/c12-11(13,14)10-17-16-8-6-18(1-2-19(8)10)9(20)3-7-4-15-5-7/h7,15H,1-6H2. The normalized spacial score (nSPS) is 19.6. The lowest BCUT2D eigenvalue weighted by molar-refractivity contribution is -0.148. The van der Waals surface area contributed by atoms with E-state index in [4.69, 9.17) is 0 Å². The molecular weight excluding hydrogens is 275 g/mol. The summed E-state index contributed by atoms with van der Waals surface area (Å²) in [5.74, 6) is -0.473. The van der Waals surface area contributed by atoms with Gasteiger partial charge in [0.05, 0.1) is 6.54 Å². The molecule has 1 saturated heterocycles. The molecule has 0 bridgehead atoms. The van der Waals surface area contributed by atoms with Gasteiger partial charge in [-0.05, 0) is 19.0 Å². The second-order valence-corrected chi connectivity index (χ2v) is 5.13. The fraction of sp³-hybridized carbons (Fsp3) is 0.727. The molecule has 3 heterocycles. The van der Waals surface area contributed by atoms with Crippen LogP contribution in [0.4, 0.5) is 13.2 Å². The molecule has 1 aromatic heterocycles. The summed E-state index contributed by atoms with van der Waals surface area (Å²) >= 11 is 0. The average molecular weight is 289 g/mol. The average Bonchev–Trinajstić information content (AvgIpc) is 2.75. The van der Waals surface area contributed by atoms with E-state index in [2.05, 4.69) is 15.5 Å². The minimum atomic E-state index is -4.50. The van der Waals surface area contributed by atoms with Crippen LogP contribution in [0.3, 0.4) is 0 Å². The van der Waals surface area contributed by atoms with E-state index in [0.717, 1.165) is 17.7 Å². The number of fused-ring (bicyclic) bond motifs is 1. The van der Waals surface area contributed by atoms with E-state index in [1.165, 1.54) is 0 Å². The van der Waals surface area contributed by atoms with Crippen LogP contribution in [0, 0.1) is 5.92 Å². The summed E-state index contributed by atoms with van der Waals surface area (Å²) in [6.45, 7) is 2.11. The molecule has 1 N–H and O–H groups in total. The highest BCUT2D eigenvalue weighted by molar-refractivity contribution is 5.76. The van der Waals surface area contributed by atoms with E-state index in [0.29, 0.717) is 12.3 Å². The number of carbonyl (C=O) groups excluding carboxylic acids is 1. The second kappa shape index (κ2) is 4.72. The molecule has 0 radical (unpaired) electrons. The number of alkyl halides is 3. The molecule has 1 fully saturated rings. The lowest BCUT2D eigenvalue weighted by Crippen LogP contribution is -2.46. The van der Waals surface area contributed by atoms with Crippen LogP contribution in [-0.4, -0.2) is 45.2 Å². The van der Waals surface area contributed by atoms with Crippen LogP contribution in [0.1, 0.15) is 18.1 Å². The van der Waals surface area contributed by atoms with Crippen molar-refractivity contribution in [3.8, 4) is 0 Å². The third kappa shape index (κ3) is 2.37. The molecule has 6 nitrogen and oxygen atoms in total. The van der Waals surface area contributed by atoms with Crippen molar-refractivity contribution < 1.29 is 18.0 Å². The minimum absolute atomic E-state index is 0.0284. The quantitative estimate of drug-likeness (QED) is 0.847. The molecule has 1 aromatic rings. The van der Waals surface area contributed by atoms with Crippen molar-refractivity contribution in [1.82, 2.24) is 25.0 Å². The van der Waals surface area contributed by atoms with Crippen LogP contribution in [0.25, 0.3) is 0 Å². The molecular formula is C11H14F3N5O. The van der Waals surface area contributed by atoms with Crippen LogP contribution in [0.2, 0.25) is 0 Å². The highest BCUT2D eigenvalue weighted by Gasteiger charge is 2.40. The van der Waals surface area contributed by atoms with Crippen molar-refractivity contribution in [3.63, 3.8) is 0 Å². The summed E-state index contributed by atoms with van der Waals surface area (Å²) in [5.41, 5.74) is 0. The van der Waals surface area contributed by atoms with Crippen LogP contribution in [0.5, 0.6) is 0 Å². The summed E-state index contributed by atoms with van der Waals surface area (Å²) in [7, 11) is 0. The number of rotatable bonds is 2. The summed E-state index contributed by atoms with van der Waals surface area (Å²) in [6, 6.07) is 0. The first-order valence-electron chi connectivity index (χ1n) is 6.43. The lowest BCUT2D eigenvalue weighted by Gasteiger charge is -2.32. The first-order chi connectivity index (χ1) is 9.45. The number of carbonyl (C=O) groups is 1. The third-order valence-electron chi connectivity index (χ3n) is 3.69. The van der Waals surface area contributed by atoms with Gasteiger partial charge in [0.2, 0.25) is 11.7 Å². The SMILES string of the molecule is O=C(CC1CNC1)N1CCn2c(nnc2C(F)(F)F)C1. The Balaban J connectivity index is 1.69. The van der Waals surface area contributed by atoms with Gasteiger partial charge in [0, 0.05) is 19.5 Å². The van der Waals surface area contributed by atoms with Crippen LogP contribution < -0.4 is 5.32 Å². The zero-order chi connectivity index (χ0) is 14.3. The Kier molecular flexibility index (Phi) is 3.15. The van der Waals surface area contributed by atoms with Crippen molar-refractivity contribution in [2.75, 3.05) is 19.6 Å². The van der Waals surface area contributed by atoms with E-state index < -0.39 is 12.0 Å². The Morgan fingerprint density at radius 1 is 1.30 bits per heavy atom. The van der Waals surface area contributed by atoms with E-state index in [1.807, 2.05) is 0 Å². The Morgan fingerprint density at radius 2 is 2.05 bits per heavy atom. The van der Waals surface area contributed by atoms with Gasteiger partial charge < -0.3 is 14.8 Å². The van der Waals surface area contributed by atoms with Gasteiger partial charge in [-0.3, -0.25) is 4.79 Å². The fourth-order valence-electron chi connectivity index (χ4n) is 2.45. The molecule has 0 unspecified atom stereocenters. The largest absolute Gasteiger partial charge is 0.451 e. The second-order valence-electron chi connectivity index (χ2n) is 5.13. The van der Waals surface area contributed by atoms with Gasteiger partial charge in [-0.2, -0.15) is 13.2 Å². The van der Waals surface area contributed by atoms with Gasteiger partial charge in [0.15, 0.2) is 5.82 Å². The Morgan fingerprint density at radius 3 is 2.65 bits per heavy atom. The number of hydrogen-bond acceptors (Lipinski definition) is 4. The third-order valence-corrected chi connectivity index (χ3v) is 3.69. The zero-order valence-corrected chi connectivity index (χ0v) is 10.7. The summed E-state index contributed by atoms with van der Waals surface area (Å²) < 4.78 is 39.1. The maximum absolute atomic E-state index is 12.7. The number of halogens is 3. The van der Waals surface area contributed by atoms with E-state index in [9.17, 15) is 18.0 Å². The molecule has 0 aliphatic carbocycles. The predicted octanol–water partition coefficient (Wildman–Crippen LogP) is 0.249. The van der Waals surface area contributed by atoms with Crippen molar-refractivity contribution >= 4 is 5.91 Å². The van der Waals surface area contributed by atoms with Crippen molar-refractivity contribution in [2.45, 2.75) is 25.7 Å². The van der Waals surface area contributed by atoms with Gasteiger partial charge >= 0.3 is 6.18 Å². The van der Waals surface area contributed by atoms with Gasteiger partial charge in [-0.25, -0.2) is 0 Å². The van der Waals surface area contributed by atoms with E-state index >= 15 is 0 Å². The number of nitrogens with zero attached hydrogens (tertiary/aromatic N) is 4. The molecule has 9 heteroatoms. The minimum Gasteiger partial charge on any atom is -0.333 e. The number of aromatic nitrogens is 3. The summed E-state index contributed by atoms with van der Waals surface area (Å²) in [5, 5.41) is 9.83. The molecule has 1 amide bonds. The highest BCUT2D eigenvalue weighted by Crippen LogP contribution is 2.29. The molecule has 0 saturated carbocycles. The summed E-state index contributed by atoms with van der Waals surface area (Å²) in [4.78, 5) is 13.6.